The van der Waals surface area contributed by atoms with Gasteiger partial charge in [-0.2, -0.15) is 10.4 Å². The fourth-order valence-electron chi connectivity index (χ4n) is 3.21. The summed E-state index contributed by atoms with van der Waals surface area (Å²) in [5.41, 5.74) is 0. The van der Waals surface area contributed by atoms with Gasteiger partial charge in [-0.05, 0) is 50.8 Å². The Morgan fingerprint density at radius 3 is 1.58 bits per heavy atom. The van der Waals surface area contributed by atoms with Gasteiger partial charge in [0.25, 0.3) is 0 Å². The molecule has 4 heteroatoms. The summed E-state index contributed by atoms with van der Waals surface area (Å²) in [6, 6.07) is -0.0817. The summed E-state index contributed by atoms with van der Waals surface area (Å²) in [7, 11) is 0. The van der Waals surface area contributed by atoms with Crippen molar-refractivity contribution in [3.63, 3.8) is 0 Å². The monoisotopic (exact) mass is 483 g/mol. The van der Waals surface area contributed by atoms with Crippen LogP contribution in [0.4, 0.5) is 0 Å². The maximum absolute atomic E-state index is 9.70. The second kappa shape index (κ2) is 20.1. The van der Waals surface area contributed by atoms with Gasteiger partial charge in [0.05, 0.1) is 0 Å². The van der Waals surface area contributed by atoms with Crippen LogP contribution in [0.3, 0.4) is 0 Å². The highest BCUT2D eigenvalue weighted by atomic mass is 127. The second-order valence-corrected chi connectivity index (χ2v) is 7.68. The van der Waals surface area contributed by atoms with Crippen molar-refractivity contribution in [1.29, 1.82) is 0 Å². The van der Waals surface area contributed by atoms with Crippen LogP contribution in [0.5, 0.6) is 0 Å². The number of unbranched alkanes of at least 4 members (excludes halogenated alkanes) is 12. The van der Waals surface area contributed by atoms with E-state index in [2.05, 4.69) is 19.1 Å². The quantitative estimate of drug-likeness (QED) is 0.0997. The van der Waals surface area contributed by atoms with E-state index in [1.807, 2.05) is 6.92 Å². The molecular weight excluding hydrogens is 437 g/mol. The van der Waals surface area contributed by atoms with Crippen molar-refractivity contribution < 1.29 is 39.2 Å². The molecule has 0 rings (SSSR count). The molecule has 0 aromatic carbocycles. The lowest BCUT2D eigenvalue weighted by atomic mass is 10.0. The van der Waals surface area contributed by atoms with Gasteiger partial charge in [0.2, 0.25) is 0 Å². The van der Waals surface area contributed by atoms with Crippen molar-refractivity contribution >= 4 is 0 Å². The smallest absolute Gasteiger partial charge is 0.149 e. The van der Waals surface area contributed by atoms with Crippen LogP contribution < -0.4 is 24.0 Å². The molecule has 0 aromatic rings. The molecule has 0 heterocycles. The Bertz CT molecular complexity index is 309. The number of hydroxylamine groups is 4. The van der Waals surface area contributed by atoms with Gasteiger partial charge < -0.3 is 24.0 Å². The van der Waals surface area contributed by atoms with Crippen LogP contribution in [0.15, 0.2) is 12.2 Å². The van der Waals surface area contributed by atoms with Gasteiger partial charge in [-0.15, -0.1) is 0 Å². The van der Waals surface area contributed by atoms with E-state index < -0.39 is 4.81 Å². The summed E-state index contributed by atoms with van der Waals surface area (Å²) in [6.45, 7) is 6.35. The first kappa shape index (κ1) is 28.6. The highest BCUT2D eigenvalue weighted by molar-refractivity contribution is 4.81. The zero-order valence-electron chi connectivity index (χ0n) is 17.8. The van der Waals surface area contributed by atoms with Crippen LogP contribution in [-0.4, -0.2) is 27.8 Å². The van der Waals surface area contributed by atoms with Gasteiger partial charge in [-0.1, -0.05) is 76.9 Å². The third kappa shape index (κ3) is 17.7. The van der Waals surface area contributed by atoms with E-state index in [9.17, 15) is 10.4 Å². The van der Waals surface area contributed by atoms with E-state index in [1.54, 1.807) is 6.92 Å². The van der Waals surface area contributed by atoms with Crippen LogP contribution >= 0.6 is 0 Å². The number of halogens is 1. The number of allylic oxidation sites excluding steroid dienone is 2. The first-order chi connectivity index (χ1) is 12.0. The van der Waals surface area contributed by atoms with E-state index in [1.165, 1.54) is 83.5 Å². The van der Waals surface area contributed by atoms with E-state index in [4.69, 9.17) is 0 Å². The lowest BCUT2D eigenvalue weighted by Gasteiger charge is -2.26. The third-order valence-corrected chi connectivity index (χ3v) is 5.31. The fourth-order valence-corrected chi connectivity index (χ4v) is 3.21. The highest BCUT2D eigenvalue weighted by Gasteiger charge is 2.28. The van der Waals surface area contributed by atoms with Crippen molar-refractivity contribution in [2.24, 2.45) is 0 Å². The molecule has 26 heavy (non-hydrogen) atoms. The van der Waals surface area contributed by atoms with Gasteiger partial charge >= 0.3 is 0 Å². The molecule has 3 nitrogen and oxygen atoms in total. The molecule has 0 bridgehead atoms. The minimum atomic E-state index is -0.828. The van der Waals surface area contributed by atoms with Crippen LogP contribution in [0.25, 0.3) is 0 Å². The zero-order valence-corrected chi connectivity index (χ0v) is 19.9. The van der Waals surface area contributed by atoms with E-state index in [-0.39, 0.29) is 30.0 Å². The normalized spacial score (nSPS) is 13.1. The summed E-state index contributed by atoms with van der Waals surface area (Å²) in [4.78, 5) is -0.828. The van der Waals surface area contributed by atoms with E-state index >= 15 is 0 Å². The summed E-state index contributed by atoms with van der Waals surface area (Å²) < 4.78 is 0. The summed E-state index contributed by atoms with van der Waals surface area (Å²) in [6.07, 6.45) is 24.0. The topological polar surface area (TPSA) is 40.5 Å². The Balaban J connectivity index is 0. The third-order valence-electron chi connectivity index (χ3n) is 5.31. The second-order valence-electron chi connectivity index (χ2n) is 7.68. The lowest BCUT2D eigenvalue weighted by Crippen LogP contribution is -3.00. The lowest BCUT2D eigenvalue weighted by molar-refractivity contribution is -1.26. The average Bonchev–Trinajstić information content (AvgIpc) is 2.61. The predicted molar refractivity (Wildman–Crippen MR) is 108 cm³/mol. The SMILES string of the molecule is CCCCCCCC/C=C\CCCCCCCCC(C)[N+](O)(O)CC.[I-]. The molecule has 0 radical (unpaired) electrons. The standard InChI is InChI=1S/C22H46NO2.HI/c1-4-6-7-8-9-10-11-12-13-14-15-16-17-18-19-20-21-22(3)23(24,25)5-2;/h12-13,22,24-25H,4-11,14-21H2,1-3H3;1H/q+1;/p-1/b13-12-;. The maximum atomic E-state index is 9.70. The van der Waals surface area contributed by atoms with E-state index in [0.717, 1.165) is 12.8 Å². The summed E-state index contributed by atoms with van der Waals surface area (Å²) in [5, 5.41) is 19.4. The Kier molecular flexibility index (Phi) is 22.1. The molecule has 0 saturated heterocycles. The van der Waals surface area contributed by atoms with Crippen LogP contribution in [-0.2, 0) is 0 Å². The molecule has 2 N–H and O–H groups in total. The highest BCUT2D eigenvalue weighted by Crippen LogP contribution is 2.15. The Hall–Kier alpha value is 0.350. The summed E-state index contributed by atoms with van der Waals surface area (Å²) in [5.74, 6) is 0. The van der Waals surface area contributed by atoms with Crippen molar-refractivity contribution in [2.45, 2.75) is 123 Å². The number of hydrogen-bond acceptors (Lipinski definition) is 2. The van der Waals surface area contributed by atoms with Gasteiger partial charge in [-0.3, -0.25) is 0 Å². The molecule has 0 spiro atoms. The van der Waals surface area contributed by atoms with Gasteiger partial charge in [0.1, 0.15) is 12.6 Å². The molecule has 0 fully saturated rings. The van der Waals surface area contributed by atoms with Crippen LogP contribution in [0.2, 0.25) is 0 Å². The molecule has 1 unspecified atom stereocenters. The Morgan fingerprint density at radius 1 is 0.692 bits per heavy atom. The molecule has 1 atom stereocenters. The molecule has 0 aliphatic carbocycles. The van der Waals surface area contributed by atoms with E-state index in [0.29, 0.717) is 6.54 Å². The Morgan fingerprint density at radius 2 is 1.12 bits per heavy atom. The van der Waals surface area contributed by atoms with Crippen molar-refractivity contribution in [1.82, 2.24) is 0 Å². The fraction of sp³-hybridized carbons (Fsp3) is 0.909. The number of hydrogen-bond donors (Lipinski definition) is 2. The van der Waals surface area contributed by atoms with Gasteiger partial charge in [0, 0.05) is 6.42 Å². The largest absolute Gasteiger partial charge is 1.00 e. The molecule has 158 valence electrons. The molecule has 0 aromatic heterocycles. The molecule has 0 amide bonds. The van der Waals surface area contributed by atoms with Crippen LogP contribution in [0, 0.1) is 0 Å². The van der Waals surface area contributed by atoms with Gasteiger partial charge in [-0.25, -0.2) is 0 Å². The first-order valence-electron chi connectivity index (χ1n) is 11.0. The predicted octanol–water partition coefficient (Wildman–Crippen LogP) is 4.42. The molecule has 0 saturated carbocycles. The molecule has 0 aliphatic heterocycles. The summed E-state index contributed by atoms with van der Waals surface area (Å²) >= 11 is 0. The minimum absolute atomic E-state index is 0. The first-order valence-corrected chi connectivity index (χ1v) is 11.0. The van der Waals surface area contributed by atoms with Crippen molar-refractivity contribution in [3.05, 3.63) is 12.2 Å². The number of nitrogens with zero attached hydrogens (tertiary/aromatic N) is 1. The average molecular weight is 484 g/mol. The number of quaternary nitrogens is 1. The number of rotatable bonds is 18. The maximum Gasteiger partial charge on any atom is 0.149 e. The van der Waals surface area contributed by atoms with Crippen molar-refractivity contribution in [3.8, 4) is 0 Å². The van der Waals surface area contributed by atoms with Gasteiger partial charge in [0.15, 0.2) is 0 Å². The zero-order chi connectivity index (χ0) is 18.8. The minimum Gasteiger partial charge on any atom is -1.00 e. The molecule has 0 aliphatic rings. The molecular formula is C22H46INO2. The Labute approximate surface area is 180 Å². The van der Waals surface area contributed by atoms with Crippen molar-refractivity contribution in [2.75, 3.05) is 6.54 Å². The van der Waals surface area contributed by atoms with Crippen LogP contribution in [0.1, 0.15) is 117 Å².